The van der Waals surface area contributed by atoms with E-state index in [-0.39, 0.29) is 17.4 Å². The van der Waals surface area contributed by atoms with Crippen molar-refractivity contribution >= 4 is 28.3 Å². The van der Waals surface area contributed by atoms with Gasteiger partial charge in [-0.1, -0.05) is 30.3 Å². The van der Waals surface area contributed by atoms with E-state index in [9.17, 15) is 9.59 Å². The Kier molecular flexibility index (Phi) is 4.51. The number of likely N-dealkylation sites (tertiary alicyclic amines) is 1. The SMILES string of the molecule is CN1CC(=O)N(c2cccnc2)C[C@@]12CCN(C(=O)c1ccc3ccccc3c1)C2. The lowest BCUT2D eigenvalue weighted by molar-refractivity contribution is -0.123. The molecule has 30 heavy (non-hydrogen) atoms. The molecule has 0 saturated carbocycles. The van der Waals surface area contributed by atoms with Crippen LogP contribution in [0.4, 0.5) is 5.69 Å². The van der Waals surface area contributed by atoms with E-state index in [4.69, 9.17) is 0 Å². The topological polar surface area (TPSA) is 56.8 Å². The van der Waals surface area contributed by atoms with Gasteiger partial charge in [-0.25, -0.2) is 0 Å². The summed E-state index contributed by atoms with van der Waals surface area (Å²) in [5.74, 6) is 0.117. The van der Waals surface area contributed by atoms with Gasteiger partial charge in [0.2, 0.25) is 5.91 Å². The first-order valence-corrected chi connectivity index (χ1v) is 10.3. The molecule has 5 rings (SSSR count). The molecule has 1 spiro atoms. The van der Waals surface area contributed by atoms with Gasteiger partial charge in [-0.2, -0.15) is 0 Å². The standard InChI is InChI=1S/C24H24N4O2/c1-26-15-22(29)28(21-7-4-11-25-14-21)17-24(26)10-12-27(16-24)23(30)20-9-8-18-5-2-3-6-19(18)13-20/h2-9,11,13-14H,10,12,15-17H2,1H3/t24-/m0/s1. The number of amides is 2. The third kappa shape index (κ3) is 3.13. The zero-order valence-electron chi connectivity index (χ0n) is 17.0. The van der Waals surface area contributed by atoms with Crippen LogP contribution in [0.3, 0.4) is 0 Å². The molecule has 1 atom stereocenters. The van der Waals surface area contributed by atoms with Crippen LogP contribution >= 0.6 is 0 Å². The summed E-state index contributed by atoms with van der Waals surface area (Å²) in [7, 11) is 1.99. The Bertz CT molecular complexity index is 1120. The molecule has 0 radical (unpaired) electrons. The van der Waals surface area contributed by atoms with Gasteiger partial charge >= 0.3 is 0 Å². The summed E-state index contributed by atoms with van der Waals surface area (Å²) < 4.78 is 0. The highest BCUT2D eigenvalue weighted by atomic mass is 16.2. The van der Waals surface area contributed by atoms with Crippen LogP contribution in [0.2, 0.25) is 0 Å². The second kappa shape index (κ2) is 7.22. The van der Waals surface area contributed by atoms with Crippen LogP contribution in [-0.2, 0) is 4.79 Å². The first kappa shape index (κ1) is 18.8. The molecule has 2 amide bonds. The number of pyridine rings is 1. The molecular weight excluding hydrogens is 376 g/mol. The minimum atomic E-state index is -0.240. The van der Waals surface area contributed by atoms with Gasteiger partial charge in [0.15, 0.2) is 0 Å². The van der Waals surface area contributed by atoms with Crippen molar-refractivity contribution in [3.05, 3.63) is 72.6 Å². The Balaban J connectivity index is 1.39. The Morgan fingerprint density at radius 2 is 1.87 bits per heavy atom. The molecule has 0 aliphatic carbocycles. The van der Waals surface area contributed by atoms with E-state index in [0.29, 0.717) is 31.7 Å². The van der Waals surface area contributed by atoms with Gasteiger partial charge in [-0.3, -0.25) is 19.5 Å². The lowest BCUT2D eigenvalue weighted by Gasteiger charge is -2.46. The van der Waals surface area contributed by atoms with E-state index in [1.165, 1.54) is 0 Å². The number of nitrogens with zero attached hydrogens (tertiary/aromatic N) is 4. The number of hydrogen-bond acceptors (Lipinski definition) is 4. The molecule has 0 N–H and O–H groups in total. The third-order valence-electron chi connectivity index (χ3n) is 6.51. The largest absolute Gasteiger partial charge is 0.337 e. The fourth-order valence-corrected chi connectivity index (χ4v) is 4.68. The maximum Gasteiger partial charge on any atom is 0.253 e. The number of carbonyl (C=O) groups is 2. The number of likely N-dealkylation sites (N-methyl/N-ethyl adjacent to an activating group) is 1. The summed E-state index contributed by atoms with van der Waals surface area (Å²) in [6, 6.07) is 17.7. The molecule has 0 unspecified atom stereocenters. The Morgan fingerprint density at radius 3 is 2.67 bits per heavy atom. The lowest BCUT2D eigenvalue weighted by Crippen LogP contribution is -2.64. The van der Waals surface area contributed by atoms with E-state index in [2.05, 4.69) is 16.0 Å². The van der Waals surface area contributed by atoms with Crippen LogP contribution in [-0.4, -0.2) is 65.4 Å². The highest BCUT2D eigenvalue weighted by Gasteiger charge is 2.48. The zero-order chi connectivity index (χ0) is 20.7. The molecule has 152 valence electrons. The van der Waals surface area contributed by atoms with E-state index >= 15 is 0 Å². The quantitative estimate of drug-likeness (QED) is 0.664. The van der Waals surface area contributed by atoms with Gasteiger partial charge < -0.3 is 9.80 Å². The first-order chi connectivity index (χ1) is 14.6. The molecule has 3 aromatic rings. The first-order valence-electron chi connectivity index (χ1n) is 10.3. The summed E-state index contributed by atoms with van der Waals surface area (Å²) in [5.41, 5.74) is 1.29. The normalized spacial score (nSPS) is 22.2. The number of fused-ring (bicyclic) bond motifs is 1. The summed E-state index contributed by atoms with van der Waals surface area (Å²) in [4.78, 5) is 36.0. The molecule has 2 aliphatic rings. The fraction of sp³-hybridized carbons (Fsp3) is 0.292. The molecular formula is C24H24N4O2. The summed E-state index contributed by atoms with van der Waals surface area (Å²) in [5, 5.41) is 2.20. The maximum atomic E-state index is 13.3. The molecule has 1 aromatic heterocycles. The molecule has 2 aliphatic heterocycles. The van der Waals surface area contributed by atoms with Crippen LogP contribution in [0, 0.1) is 0 Å². The van der Waals surface area contributed by atoms with Gasteiger partial charge in [-0.05, 0) is 48.5 Å². The number of hydrogen-bond donors (Lipinski definition) is 0. The average molecular weight is 400 g/mol. The maximum absolute atomic E-state index is 13.3. The van der Waals surface area contributed by atoms with E-state index < -0.39 is 0 Å². The number of piperazine rings is 1. The van der Waals surface area contributed by atoms with Crippen LogP contribution in [0.25, 0.3) is 10.8 Å². The summed E-state index contributed by atoms with van der Waals surface area (Å²) in [6.07, 6.45) is 4.27. The molecule has 0 bridgehead atoms. The zero-order valence-corrected chi connectivity index (χ0v) is 17.0. The number of aromatic nitrogens is 1. The Labute approximate surface area is 175 Å². The summed E-state index contributed by atoms with van der Waals surface area (Å²) >= 11 is 0. The van der Waals surface area contributed by atoms with E-state index in [1.54, 1.807) is 12.4 Å². The van der Waals surface area contributed by atoms with Crippen LogP contribution < -0.4 is 4.90 Å². The number of carbonyl (C=O) groups excluding carboxylic acids is 2. The van der Waals surface area contributed by atoms with Crippen molar-refractivity contribution in [2.75, 3.05) is 38.1 Å². The minimum absolute atomic E-state index is 0.0517. The van der Waals surface area contributed by atoms with Crippen molar-refractivity contribution in [2.24, 2.45) is 0 Å². The van der Waals surface area contributed by atoms with Crippen LogP contribution in [0.15, 0.2) is 67.0 Å². The van der Waals surface area contributed by atoms with Gasteiger partial charge in [0.1, 0.15) is 0 Å². The minimum Gasteiger partial charge on any atom is -0.337 e. The third-order valence-corrected chi connectivity index (χ3v) is 6.51. The molecule has 2 fully saturated rings. The monoisotopic (exact) mass is 400 g/mol. The van der Waals surface area contributed by atoms with Crippen LogP contribution in [0.1, 0.15) is 16.8 Å². The van der Waals surface area contributed by atoms with Crippen molar-refractivity contribution in [3.63, 3.8) is 0 Å². The second-order valence-electron chi connectivity index (χ2n) is 8.31. The highest BCUT2D eigenvalue weighted by Crippen LogP contribution is 2.34. The molecule has 2 aromatic carbocycles. The average Bonchev–Trinajstić information content (AvgIpc) is 3.21. The highest BCUT2D eigenvalue weighted by molar-refractivity contribution is 5.99. The van der Waals surface area contributed by atoms with Gasteiger partial charge in [-0.15, -0.1) is 0 Å². The Morgan fingerprint density at radius 1 is 1.03 bits per heavy atom. The number of benzene rings is 2. The predicted molar refractivity (Wildman–Crippen MR) is 116 cm³/mol. The van der Waals surface area contributed by atoms with Crippen molar-refractivity contribution < 1.29 is 9.59 Å². The van der Waals surface area contributed by atoms with E-state index in [1.807, 2.05) is 65.4 Å². The Hall–Kier alpha value is -3.25. The predicted octanol–water partition coefficient (Wildman–Crippen LogP) is 2.80. The van der Waals surface area contributed by atoms with Crippen molar-refractivity contribution in [2.45, 2.75) is 12.0 Å². The molecule has 6 nitrogen and oxygen atoms in total. The summed E-state index contributed by atoms with van der Waals surface area (Å²) in [6.45, 7) is 2.20. The number of anilines is 1. The smallest absolute Gasteiger partial charge is 0.253 e. The van der Waals surface area contributed by atoms with E-state index in [0.717, 1.165) is 22.9 Å². The van der Waals surface area contributed by atoms with Crippen LogP contribution in [0.5, 0.6) is 0 Å². The number of rotatable bonds is 2. The second-order valence-corrected chi connectivity index (χ2v) is 8.31. The fourth-order valence-electron chi connectivity index (χ4n) is 4.68. The van der Waals surface area contributed by atoms with Crippen molar-refractivity contribution in [3.8, 4) is 0 Å². The molecule has 3 heterocycles. The van der Waals surface area contributed by atoms with Crippen molar-refractivity contribution in [1.82, 2.24) is 14.8 Å². The molecule has 6 heteroatoms. The van der Waals surface area contributed by atoms with Gasteiger partial charge in [0, 0.05) is 31.4 Å². The molecule has 2 saturated heterocycles. The lowest BCUT2D eigenvalue weighted by atomic mass is 9.92. The van der Waals surface area contributed by atoms with Gasteiger partial charge in [0.25, 0.3) is 5.91 Å². The van der Waals surface area contributed by atoms with Gasteiger partial charge in [0.05, 0.1) is 24.0 Å². The van der Waals surface area contributed by atoms with Crippen molar-refractivity contribution in [1.29, 1.82) is 0 Å².